The normalized spacial score (nSPS) is 10.7. The first kappa shape index (κ1) is 12.3. The highest BCUT2D eigenvalue weighted by Gasteiger charge is 2.03. The Morgan fingerprint density at radius 1 is 1.24 bits per heavy atom. The minimum absolute atomic E-state index is 0.677. The molecule has 1 heterocycles. The molecular formula is C12H15BrN4. The number of hydrogen-bond donors (Lipinski definition) is 2. The van der Waals surface area contributed by atoms with Gasteiger partial charge in [-0.15, -0.1) is 0 Å². The van der Waals surface area contributed by atoms with Crippen LogP contribution in [0.5, 0.6) is 0 Å². The standard InChI is InChI=1S/C12H15BrN4/c13-10-5-3-9(4-6-10)8-12-15-11(16-17-12)2-1-7-14/h3-6H,1-2,7-8,14H2,(H,15,16,17). The zero-order valence-corrected chi connectivity index (χ0v) is 11.1. The van der Waals surface area contributed by atoms with Gasteiger partial charge in [0.1, 0.15) is 5.82 Å². The molecule has 0 spiro atoms. The number of nitrogens with one attached hydrogen (secondary N) is 1. The fraction of sp³-hybridized carbons (Fsp3) is 0.333. The van der Waals surface area contributed by atoms with Crippen molar-refractivity contribution in [3.63, 3.8) is 0 Å². The van der Waals surface area contributed by atoms with E-state index in [9.17, 15) is 0 Å². The highest BCUT2D eigenvalue weighted by molar-refractivity contribution is 9.10. The van der Waals surface area contributed by atoms with Gasteiger partial charge in [0.2, 0.25) is 0 Å². The van der Waals surface area contributed by atoms with E-state index in [2.05, 4.69) is 43.2 Å². The summed E-state index contributed by atoms with van der Waals surface area (Å²) >= 11 is 3.42. The van der Waals surface area contributed by atoms with Crippen LogP contribution in [0.25, 0.3) is 0 Å². The summed E-state index contributed by atoms with van der Waals surface area (Å²) in [6, 6.07) is 8.21. The molecule has 0 unspecified atom stereocenters. The molecule has 1 aromatic carbocycles. The molecule has 3 N–H and O–H groups in total. The summed E-state index contributed by atoms with van der Waals surface area (Å²) in [6.07, 6.45) is 2.55. The Balaban J connectivity index is 1.98. The SMILES string of the molecule is NCCCc1n[nH]c(Cc2ccc(Br)cc2)n1. The van der Waals surface area contributed by atoms with Crippen LogP contribution in [-0.2, 0) is 12.8 Å². The first-order valence-corrected chi connectivity index (χ1v) is 6.42. The lowest BCUT2D eigenvalue weighted by Crippen LogP contribution is -2.01. The average molecular weight is 295 g/mol. The van der Waals surface area contributed by atoms with Gasteiger partial charge in [0.25, 0.3) is 0 Å². The van der Waals surface area contributed by atoms with E-state index in [1.54, 1.807) is 0 Å². The van der Waals surface area contributed by atoms with Crippen LogP contribution in [0.1, 0.15) is 23.6 Å². The summed E-state index contributed by atoms with van der Waals surface area (Å²) in [4.78, 5) is 4.43. The third-order valence-corrected chi connectivity index (χ3v) is 3.00. The number of halogens is 1. The molecule has 0 aliphatic rings. The summed E-state index contributed by atoms with van der Waals surface area (Å²) in [7, 11) is 0. The maximum atomic E-state index is 5.45. The van der Waals surface area contributed by atoms with Crippen molar-refractivity contribution in [1.82, 2.24) is 15.2 Å². The number of aromatic amines is 1. The molecule has 0 aliphatic carbocycles. The number of aromatic nitrogens is 3. The van der Waals surface area contributed by atoms with Crippen LogP contribution in [0.4, 0.5) is 0 Å². The van der Waals surface area contributed by atoms with Crippen LogP contribution < -0.4 is 5.73 Å². The lowest BCUT2D eigenvalue weighted by Gasteiger charge is -1.97. The molecule has 17 heavy (non-hydrogen) atoms. The van der Waals surface area contributed by atoms with Gasteiger partial charge < -0.3 is 5.73 Å². The van der Waals surface area contributed by atoms with Gasteiger partial charge in [0.05, 0.1) is 0 Å². The number of rotatable bonds is 5. The van der Waals surface area contributed by atoms with E-state index in [1.807, 2.05) is 12.1 Å². The minimum Gasteiger partial charge on any atom is -0.330 e. The first-order valence-electron chi connectivity index (χ1n) is 5.62. The van der Waals surface area contributed by atoms with E-state index in [0.29, 0.717) is 6.54 Å². The number of benzene rings is 1. The Morgan fingerprint density at radius 2 is 2.00 bits per heavy atom. The number of H-pyrrole nitrogens is 1. The Labute approximate surface area is 109 Å². The van der Waals surface area contributed by atoms with Gasteiger partial charge in [-0.05, 0) is 30.7 Å². The van der Waals surface area contributed by atoms with Crippen molar-refractivity contribution in [3.8, 4) is 0 Å². The van der Waals surface area contributed by atoms with Gasteiger partial charge >= 0.3 is 0 Å². The van der Waals surface area contributed by atoms with Crippen molar-refractivity contribution in [3.05, 3.63) is 46.0 Å². The molecular weight excluding hydrogens is 280 g/mol. The number of nitrogens with zero attached hydrogens (tertiary/aromatic N) is 2. The third-order valence-electron chi connectivity index (χ3n) is 2.47. The molecule has 0 saturated heterocycles. The van der Waals surface area contributed by atoms with Gasteiger partial charge in [-0.2, -0.15) is 5.10 Å². The van der Waals surface area contributed by atoms with Crippen LogP contribution in [-0.4, -0.2) is 21.7 Å². The van der Waals surface area contributed by atoms with Crippen LogP contribution in [0, 0.1) is 0 Å². The first-order chi connectivity index (χ1) is 8.28. The van der Waals surface area contributed by atoms with Gasteiger partial charge in [-0.25, -0.2) is 4.98 Å². The predicted octanol–water partition coefficient (Wildman–Crippen LogP) is 2.05. The largest absolute Gasteiger partial charge is 0.330 e. The average Bonchev–Trinajstić information content (AvgIpc) is 2.77. The smallest absolute Gasteiger partial charge is 0.150 e. The van der Waals surface area contributed by atoms with Crippen molar-refractivity contribution in [1.29, 1.82) is 0 Å². The Kier molecular flexibility index (Phi) is 4.28. The highest BCUT2D eigenvalue weighted by atomic mass is 79.9. The zero-order valence-electron chi connectivity index (χ0n) is 9.49. The molecule has 0 amide bonds. The summed E-state index contributed by atoms with van der Waals surface area (Å²) in [5, 5.41) is 7.13. The van der Waals surface area contributed by atoms with Crippen molar-refractivity contribution >= 4 is 15.9 Å². The molecule has 4 nitrogen and oxygen atoms in total. The van der Waals surface area contributed by atoms with Gasteiger partial charge in [-0.1, -0.05) is 28.1 Å². The Morgan fingerprint density at radius 3 is 2.71 bits per heavy atom. The van der Waals surface area contributed by atoms with Crippen LogP contribution in [0.15, 0.2) is 28.7 Å². The van der Waals surface area contributed by atoms with E-state index in [4.69, 9.17) is 5.73 Å². The summed E-state index contributed by atoms with van der Waals surface area (Å²) in [5.41, 5.74) is 6.67. The molecule has 5 heteroatoms. The maximum Gasteiger partial charge on any atom is 0.150 e. The molecule has 0 atom stereocenters. The van der Waals surface area contributed by atoms with Crippen molar-refractivity contribution in [2.24, 2.45) is 5.73 Å². The molecule has 0 bridgehead atoms. The van der Waals surface area contributed by atoms with Crippen molar-refractivity contribution < 1.29 is 0 Å². The molecule has 90 valence electrons. The van der Waals surface area contributed by atoms with Crippen LogP contribution in [0.2, 0.25) is 0 Å². The van der Waals surface area contributed by atoms with E-state index in [1.165, 1.54) is 5.56 Å². The molecule has 0 fully saturated rings. The maximum absolute atomic E-state index is 5.45. The monoisotopic (exact) mass is 294 g/mol. The molecule has 1 aromatic heterocycles. The van der Waals surface area contributed by atoms with Gasteiger partial charge in [0.15, 0.2) is 5.82 Å². The quantitative estimate of drug-likeness (QED) is 0.887. The van der Waals surface area contributed by atoms with Crippen molar-refractivity contribution in [2.45, 2.75) is 19.3 Å². The second kappa shape index (κ2) is 5.93. The van der Waals surface area contributed by atoms with Gasteiger partial charge in [-0.3, -0.25) is 5.10 Å². The highest BCUT2D eigenvalue weighted by Crippen LogP contribution is 2.12. The lowest BCUT2D eigenvalue weighted by atomic mass is 10.1. The number of aryl methyl sites for hydroxylation is 1. The number of nitrogens with two attached hydrogens (primary N) is 1. The zero-order chi connectivity index (χ0) is 12.1. The third kappa shape index (κ3) is 3.64. The molecule has 0 aliphatic heterocycles. The van der Waals surface area contributed by atoms with Crippen LogP contribution in [0.3, 0.4) is 0 Å². The topological polar surface area (TPSA) is 67.6 Å². The predicted molar refractivity (Wildman–Crippen MR) is 70.7 cm³/mol. The molecule has 0 radical (unpaired) electrons. The van der Waals surface area contributed by atoms with Crippen molar-refractivity contribution in [2.75, 3.05) is 6.54 Å². The van der Waals surface area contributed by atoms with E-state index < -0.39 is 0 Å². The Hall–Kier alpha value is -1.20. The second-order valence-corrected chi connectivity index (χ2v) is 4.81. The summed E-state index contributed by atoms with van der Waals surface area (Å²) < 4.78 is 1.09. The van der Waals surface area contributed by atoms with Crippen LogP contribution >= 0.6 is 15.9 Å². The summed E-state index contributed by atoms with van der Waals surface area (Å²) in [5.74, 6) is 1.75. The molecule has 2 aromatic rings. The van der Waals surface area contributed by atoms with E-state index >= 15 is 0 Å². The lowest BCUT2D eigenvalue weighted by molar-refractivity contribution is 0.785. The fourth-order valence-corrected chi connectivity index (χ4v) is 1.85. The molecule has 2 rings (SSSR count). The van der Waals surface area contributed by atoms with Gasteiger partial charge in [0, 0.05) is 17.3 Å². The fourth-order valence-electron chi connectivity index (χ4n) is 1.58. The second-order valence-electron chi connectivity index (χ2n) is 3.89. The Bertz CT molecular complexity index is 464. The molecule has 0 saturated carbocycles. The number of hydrogen-bond acceptors (Lipinski definition) is 3. The minimum atomic E-state index is 0.677. The van der Waals surface area contributed by atoms with E-state index in [-0.39, 0.29) is 0 Å². The summed E-state index contributed by atoms with van der Waals surface area (Å²) in [6.45, 7) is 0.677. The van der Waals surface area contributed by atoms with E-state index in [0.717, 1.165) is 35.4 Å².